The molecule has 0 atom stereocenters. The first kappa shape index (κ1) is 17.6. The molecule has 0 saturated carbocycles. The van der Waals surface area contributed by atoms with Gasteiger partial charge >= 0.3 is 6.08 Å². The zero-order valence-electron chi connectivity index (χ0n) is 11.1. The summed E-state index contributed by atoms with van der Waals surface area (Å²) in [5.74, 6) is -2.48. The van der Waals surface area contributed by atoms with Gasteiger partial charge in [0, 0.05) is 24.4 Å². The summed E-state index contributed by atoms with van der Waals surface area (Å²) >= 11 is 0.853. The Kier molecular flexibility index (Phi) is 6.82. The first-order valence-corrected chi connectivity index (χ1v) is 8.40. The van der Waals surface area contributed by atoms with E-state index < -0.39 is 33.9 Å². The fourth-order valence-corrected chi connectivity index (χ4v) is 3.60. The van der Waals surface area contributed by atoms with Crippen molar-refractivity contribution in [1.29, 1.82) is 0 Å². The average Bonchev–Trinajstić information content (AvgIpc) is 2.90. The number of allylic oxidation sites excluding steroid dienone is 1. The predicted octanol–water partition coefficient (Wildman–Crippen LogP) is 2.95. The lowest BCUT2D eigenvalue weighted by Gasteiger charge is -1.98. The summed E-state index contributed by atoms with van der Waals surface area (Å²) in [6, 6.07) is 0. The van der Waals surface area contributed by atoms with Crippen molar-refractivity contribution in [2.75, 3.05) is 12.4 Å². The Balaban J connectivity index is 2.68. The molecule has 0 N–H and O–H groups in total. The van der Waals surface area contributed by atoms with Crippen LogP contribution in [0, 0.1) is 0 Å². The highest BCUT2D eigenvalue weighted by atomic mass is 32.2. The lowest BCUT2D eigenvalue weighted by molar-refractivity contribution is 0.160. The standard InChI is InChI=1S/C11H13F3N2O3S2/c1-2-19-15-5-3-8-7-20-11(16-8)21(17,18)6-4-9(12)10(13)14/h5,7H,2-4,6H2,1H3. The van der Waals surface area contributed by atoms with Gasteiger partial charge in [0.2, 0.25) is 14.2 Å². The molecule has 5 nitrogen and oxygen atoms in total. The van der Waals surface area contributed by atoms with Crippen LogP contribution in [0.2, 0.25) is 0 Å². The van der Waals surface area contributed by atoms with Crippen molar-refractivity contribution in [3.8, 4) is 0 Å². The van der Waals surface area contributed by atoms with E-state index in [9.17, 15) is 21.6 Å². The van der Waals surface area contributed by atoms with Gasteiger partial charge in [-0.25, -0.2) is 17.8 Å². The minimum absolute atomic E-state index is 0.227. The summed E-state index contributed by atoms with van der Waals surface area (Å²) in [5.41, 5.74) is 0.453. The van der Waals surface area contributed by atoms with Crippen molar-refractivity contribution in [2.45, 2.75) is 24.1 Å². The second-order valence-corrected chi connectivity index (χ2v) is 6.89. The molecule has 21 heavy (non-hydrogen) atoms. The first-order valence-electron chi connectivity index (χ1n) is 5.87. The Bertz CT molecular complexity index is 622. The largest absolute Gasteiger partial charge is 0.396 e. The van der Waals surface area contributed by atoms with Crippen LogP contribution in [0.25, 0.3) is 0 Å². The van der Waals surface area contributed by atoms with Crippen molar-refractivity contribution >= 4 is 27.4 Å². The number of oxime groups is 1. The number of thiazole rings is 1. The third-order valence-corrected chi connectivity index (χ3v) is 5.27. The van der Waals surface area contributed by atoms with Gasteiger partial charge < -0.3 is 4.84 Å². The summed E-state index contributed by atoms with van der Waals surface area (Å²) in [5, 5.41) is 5.09. The molecular weight excluding hydrogens is 329 g/mol. The van der Waals surface area contributed by atoms with Crippen LogP contribution in [-0.4, -0.2) is 32.0 Å². The second kappa shape index (κ2) is 8.13. The van der Waals surface area contributed by atoms with Crippen LogP contribution in [0.15, 0.2) is 26.8 Å². The van der Waals surface area contributed by atoms with Crippen molar-refractivity contribution in [3.05, 3.63) is 23.0 Å². The molecule has 118 valence electrons. The van der Waals surface area contributed by atoms with Gasteiger partial charge in [0.25, 0.3) is 0 Å². The van der Waals surface area contributed by atoms with Crippen LogP contribution in [0.4, 0.5) is 13.2 Å². The van der Waals surface area contributed by atoms with Gasteiger partial charge in [0.15, 0.2) is 5.83 Å². The van der Waals surface area contributed by atoms with Crippen LogP contribution in [0.3, 0.4) is 0 Å². The zero-order chi connectivity index (χ0) is 15.9. The number of nitrogens with zero attached hydrogens (tertiary/aromatic N) is 2. The van der Waals surface area contributed by atoms with Crippen LogP contribution in [0.1, 0.15) is 19.0 Å². The molecule has 0 fully saturated rings. The number of hydrogen-bond acceptors (Lipinski definition) is 6. The molecule has 0 radical (unpaired) electrons. The Morgan fingerprint density at radius 3 is 2.81 bits per heavy atom. The molecule has 10 heteroatoms. The second-order valence-electron chi connectivity index (χ2n) is 3.75. The molecular formula is C11H13F3N2O3S2. The average molecular weight is 342 g/mol. The van der Waals surface area contributed by atoms with Crippen LogP contribution in [-0.2, 0) is 21.1 Å². The van der Waals surface area contributed by atoms with E-state index in [-0.39, 0.29) is 10.8 Å². The number of sulfone groups is 1. The van der Waals surface area contributed by atoms with Crippen molar-refractivity contribution in [1.82, 2.24) is 4.98 Å². The molecule has 1 heterocycles. The lowest BCUT2D eigenvalue weighted by Crippen LogP contribution is -2.07. The number of aromatic nitrogens is 1. The molecule has 1 rings (SSSR count). The fraction of sp³-hybridized carbons (Fsp3) is 0.455. The highest BCUT2D eigenvalue weighted by molar-refractivity contribution is 7.93. The van der Waals surface area contributed by atoms with E-state index in [1.807, 2.05) is 0 Å². The molecule has 0 amide bonds. The van der Waals surface area contributed by atoms with Gasteiger partial charge in [0.05, 0.1) is 11.4 Å². The van der Waals surface area contributed by atoms with Crippen LogP contribution in [0.5, 0.6) is 0 Å². The van der Waals surface area contributed by atoms with E-state index in [1.165, 1.54) is 11.6 Å². The molecule has 0 unspecified atom stereocenters. The Hall–Kier alpha value is -1.42. The summed E-state index contributed by atoms with van der Waals surface area (Å²) in [6.07, 6.45) is -1.67. The monoisotopic (exact) mass is 342 g/mol. The molecule has 0 aromatic carbocycles. The highest BCUT2D eigenvalue weighted by Crippen LogP contribution is 2.21. The number of rotatable bonds is 8. The molecule has 0 saturated heterocycles. The van der Waals surface area contributed by atoms with Gasteiger partial charge in [0.1, 0.15) is 6.61 Å². The molecule has 0 aliphatic rings. The Morgan fingerprint density at radius 1 is 1.48 bits per heavy atom. The van der Waals surface area contributed by atoms with Crippen LogP contribution < -0.4 is 0 Å². The summed E-state index contributed by atoms with van der Waals surface area (Å²) in [6.45, 7) is 2.18. The minimum atomic E-state index is -3.88. The molecule has 0 spiro atoms. The quantitative estimate of drug-likeness (QED) is 0.538. The topological polar surface area (TPSA) is 68.6 Å². The predicted molar refractivity (Wildman–Crippen MR) is 73.0 cm³/mol. The normalized spacial score (nSPS) is 11.8. The fourth-order valence-electron chi connectivity index (χ4n) is 1.19. The SMILES string of the molecule is CCON=CCc1csc(S(=O)(=O)CCC(F)=C(F)F)n1. The minimum Gasteiger partial charge on any atom is -0.396 e. The summed E-state index contributed by atoms with van der Waals surface area (Å²) in [7, 11) is -3.88. The van der Waals surface area contributed by atoms with Crippen molar-refractivity contribution in [2.24, 2.45) is 5.16 Å². The smallest absolute Gasteiger partial charge is 0.301 e. The van der Waals surface area contributed by atoms with Gasteiger partial charge in [-0.05, 0) is 6.92 Å². The maximum atomic E-state index is 12.6. The lowest BCUT2D eigenvalue weighted by atomic mass is 10.4. The van der Waals surface area contributed by atoms with Gasteiger partial charge in [-0.3, -0.25) is 0 Å². The van der Waals surface area contributed by atoms with Gasteiger partial charge in [-0.1, -0.05) is 5.16 Å². The molecule has 0 aliphatic carbocycles. The third kappa shape index (κ3) is 5.84. The van der Waals surface area contributed by atoms with Crippen LogP contribution >= 0.6 is 11.3 Å². The van der Waals surface area contributed by atoms with E-state index >= 15 is 0 Å². The van der Waals surface area contributed by atoms with Crippen molar-refractivity contribution < 1.29 is 26.4 Å². The summed E-state index contributed by atoms with van der Waals surface area (Å²) < 4.78 is 59.8. The Labute approximate surface area is 124 Å². The van der Waals surface area contributed by atoms with Crippen molar-refractivity contribution in [3.63, 3.8) is 0 Å². The number of halogens is 3. The maximum absolute atomic E-state index is 12.6. The summed E-state index contributed by atoms with van der Waals surface area (Å²) in [4.78, 5) is 8.59. The molecule has 0 aliphatic heterocycles. The van der Waals surface area contributed by atoms with E-state index in [0.29, 0.717) is 12.3 Å². The van der Waals surface area contributed by atoms with E-state index in [0.717, 1.165) is 11.3 Å². The van der Waals surface area contributed by atoms with Gasteiger partial charge in [-0.2, -0.15) is 8.78 Å². The van der Waals surface area contributed by atoms with Gasteiger partial charge in [-0.15, -0.1) is 11.3 Å². The van der Waals surface area contributed by atoms with E-state index in [4.69, 9.17) is 4.84 Å². The highest BCUT2D eigenvalue weighted by Gasteiger charge is 2.20. The third-order valence-electron chi connectivity index (χ3n) is 2.17. The van der Waals surface area contributed by atoms with E-state index in [2.05, 4.69) is 10.1 Å². The molecule has 1 aromatic rings. The maximum Gasteiger partial charge on any atom is 0.301 e. The zero-order valence-corrected chi connectivity index (χ0v) is 12.7. The van der Waals surface area contributed by atoms with E-state index in [1.54, 1.807) is 6.92 Å². The Morgan fingerprint density at radius 2 is 2.19 bits per heavy atom. The number of hydrogen-bond donors (Lipinski definition) is 0. The first-order chi connectivity index (χ1) is 9.86. The molecule has 0 bridgehead atoms. The molecule has 1 aromatic heterocycles.